The van der Waals surface area contributed by atoms with Gasteiger partial charge in [-0.05, 0) is 44.9 Å². The summed E-state index contributed by atoms with van der Waals surface area (Å²) in [5.74, 6) is -0.836. The third-order valence-corrected chi connectivity index (χ3v) is 14.8. The maximum atomic E-state index is 12.9. The van der Waals surface area contributed by atoms with Crippen LogP contribution in [0.5, 0.6) is 0 Å². The molecule has 420 valence electrons. The van der Waals surface area contributed by atoms with E-state index in [1.165, 1.54) is 270 Å². The third kappa shape index (κ3) is 58.9. The van der Waals surface area contributed by atoms with E-state index >= 15 is 0 Å². The predicted octanol–water partition coefficient (Wildman–Crippen LogP) is 21.7. The van der Waals surface area contributed by atoms with Crippen LogP contribution in [0.2, 0.25) is 0 Å². The summed E-state index contributed by atoms with van der Waals surface area (Å²) in [4.78, 5) is 38.3. The van der Waals surface area contributed by atoms with Crippen LogP contribution in [-0.4, -0.2) is 37.2 Å². The van der Waals surface area contributed by atoms with Crippen LogP contribution in [-0.2, 0) is 28.6 Å². The Morgan fingerprint density at radius 2 is 0.465 bits per heavy atom. The molecule has 71 heavy (non-hydrogen) atoms. The fraction of sp³-hybridized carbons (Fsp3) is 0.923. The van der Waals surface area contributed by atoms with Gasteiger partial charge >= 0.3 is 17.9 Å². The van der Waals surface area contributed by atoms with Crippen LogP contribution in [0.1, 0.15) is 367 Å². The first-order valence-corrected chi connectivity index (χ1v) is 32.2. The molecule has 6 nitrogen and oxygen atoms in total. The highest BCUT2D eigenvalue weighted by molar-refractivity contribution is 5.71. The average Bonchev–Trinajstić information content (AvgIpc) is 3.37. The fourth-order valence-corrected chi connectivity index (χ4v) is 9.91. The van der Waals surface area contributed by atoms with E-state index in [0.717, 1.165) is 57.8 Å². The van der Waals surface area contributed by atoms with Gasteiger partial charge in [0.1, 0.15) is 13.2 Å². The summed E-state index contributed by atoms with van der Waals surface area (Å²) < 4.78 is 16.9. The Hall–Kier alpha value is -1.85. The van der Waals surface area contributed by atoms with E-state index in [0.29, 0.717) is 19.3 Å². The van der Waals surface area contributed by atoms with E-state index in [1.807, 2.05) is 0 Å². The lowest BCUT2D eigenvalue weighted by Gasteiger charge is -2.18. The van der Waals surface area contributed by atoms with E-state index in [2.05, 4.69) is 32.9 Å². The van der Waals surface area contributed by atoms with Crippen molar-refractivity contribution in [1.82, 2.24) is 0 Å². The number of esters is 3. The zero-order valence-electron chi connectivity index (χ0n) is 48.3. The van der Waals surface area contributed by atoms with Crippen molar-refractivity contribution in [2.75, 3.05) is 13.2 Å². The molecule has 0 radical (unpaired) electrons. The Morgan fingerprint density at radius 1 is 0.268 bits per heavy atom. The first kappa shape index (κ1) is 69.2. The Morgan fingerprint density at radius 3 is 0.704 bits per heavy atom. The van der Waals surface area contributed by atoms with Crippen LogP contribution in [0.3, 0.4) is 0 Å². The molecule has 0 aromatic heterocycles. The summed E-state index contributed by atoms with van der Waals surface area (Å²) in [5, 5.41) is 0. The molecular weight excluding hydrogens is 877 g/mol. The Kier molecular flexibility index (Phi) is 59.1. The van der Waals surface area contributed by atoms with E-state index in [1.54, 1.807) is 0 Å². The van der Waals surface area contributed by atoms with E-state index in [9.17, 15) is 14.4 Å². The summed E-state index contributed by atoms with van der Waals surface area (Å²) in [5.41, 5.74) is 0. The highest BCUT2D eigenvalue weighted by Crippen LogP contribution is 2.18. The standard InChI is InChI=1S/C65H124O6/c1-4-7-10-13-16-19-22-25-27-29-31-33-35-36-38-40-43-46-49-52-55-58-64(67)70-61-62(60-69-63(66)57-54-51-48-45-42-24-21-18-15-12-9-6-3)71-65(68)59-56-53-50-47-44-41-39-37-34-32-30-28-26-23-20-17-14-11-8-5-2/h29,31,62H,4-28,30,32-61H2,1-3H3/b31-29-. The van der Waals surface area contributed by atoms with Gasteiger partial charge in [-0.3, -0.25) is 14.4 Å². The van der Waals surface area contributed by atoms with Gasteiger partial charge in [0.2, 0.25) is 0 Å². The Bertz CT molecular complexity index is 1100. The van der Waals surface area contributed by atoms with Crippen LogP contribution in [0.4, 0.5) is 0 Å². The second-order valence-corrected chi connectivity index (χ2v) is 22.0. The van der Waals surface area contributed by atoms with Gasteiger partial charge in [0, 0.05) is 19.3 Å². The number of allylic oxidation sites excluding steroid dienone is 2. The number of hydrogen-bond donors (Lipinski definition) is 0. The minimum Gasteiger partial charge on any atom is -0.462 e. The Balaban J connectivity index is 4.24. The summed E-state index contributed by atoms with van der Waals surface area (Å²) in [6, 6.07) is 0. The molecule has 0 aromatic carbocycles. The summed E-state index contributed by atoms with van der Waals surface area (Å²) in [6.07, 6.45) is 70.8. The smallest absolute Gasteiger partial charge is 0.306 e. The normalized spacial score (nSPS) is 12.0. The molecule has 0 aliphatic heterocycles. The number of rotatable bonds is 60. The summed E-state index contributed by atoms with van der Waals surface area (Å²) >= 11 is 0. The lowest BCUT2D eigenvalue weighted by atomic mass is 10.0. The second kappa shape index (κ2) is 60.7. The lowest BCUT2D eigenvalue weighted by molar-refractivity contribution is -0.167. The average molecular weight is 1000 g/mol. The molecule has 1 unspecified atom stereocenters. The molecule has 0 heterocycles. The zero-order valence-corrected chi connectivity index (χ0v) is 48.3. The van der Waals surface area contributed by atoms with Gasteiger partial charge in [0.25, 0.3) is 0 Å². The highest BCUT2D eigenvalue weighted by atomic mass is 16.6. The molecule has 0 aliphatic carbocycles. The molecule has 0 saturated heterocycles. The first-order chi connectivity index (χ1) is 35.0. The molecule has 0 aromatic rings. The maximum Gasteiger partial charge on any atom is 0.306 e. The summed E-state index contributed by atoms with van der Waals surface area (Å²) in [7, 11) is 0. The molecule has 0 spiro atoms. The molecule has 0 bridgehead atoms. The van der Waals surface area contributed by atoms with Gasteiger partial charge in [-0.25, -0.2) is 0 Å². The topological polar surface area (TPSA) is 78.9 Å². The van der Waals surface area contributed by atoms with Crippen LogP contribution in [0.15, 0.2) is 12.2 Å². The largest absolute Gasteiger partial charge is 0.462 e. The third-order valence-electron chi connectivity index (χ3n) is 14.8. The minimum absolute atomic E-state index is 0.0641. The molecule has 0 rings (SSSR count). The molecule has 1 atom stereocenters. The molecule has 0 aliphatic rings. The first-order valence-electron chi connectivity index (χ1n) is 32.2. The summed E-state index contributed by atoms with van der Waals surface area (Å²) in [6.45, 7) is 6.71. The van der Waals surface area contributed by atoms with Crippen molar-refractivity contribution in [1.29, 1.82) is 0 Å². The van der Waals surface area contributed by atoms with Crippen molar-refractivity contribution in [3.05, 3.63) is 12.2 Å². The van der Waals surface area contributed by atoms with E-state index < -0.39 is 6.10 Å². The van der Waals surface area contributed by atoms with Gasteiger partial charge in [-0.1, -0.05) is 315 Å². The van der Waals surface area contributed by atoms with Gasteiger partial charge in [0.05, 0.1) is 0 Å². The number of carbonyl (C=O) groups excluding carboxylic acids is 3. The van der Waals surface area contributed by atoms with Crippen molar-refractivity contribution < 1.29 is 28.6 Å². The molecule has 0 amide bonds. The van der Waals surface area contributed by atoms with Gasteiger partial charge in [-0.2, -0.15) is 0 Å². The lowest BCUT2D eigenvalue weighted by Crippen LogP contribution is -2.30. The van der Waals surface area contributed by atoms with E-state index in [4.69, 9.17) is 14.2 Å². The van der Waals surface area contributed by atoms with Crippen molar-refractivity contribution in [3.63, 3.8) is 0 Å². The molecule has 0 saturated carbocycles. The molecular formula is C65H124O6. The minimum atomic E-state index is -0.766. The van der Waals surface area contributed by atoms with Crippen LogP contribution >= 0.6 is 0 Å². The quantitative estimate of drug-likeness (QED) is 0.0261. The molecule has 6 heteroatoms. The predicted molar refractivity (Wildman–Crippen MR) is 307 cm³/mol. The molecule has 0 fully saturated rings. The maximum absolute atomic E-state index is 12.9. The number of hydrogen-bond acceptors (Lipinski definition) is 6. The number of ether oxygens (including phenoxy) is 3. The van der Waals surface area contributed by atoms with E-state index in [-0.39, 0.29) is 31.1 Å². The number of carbonyl (C=O) groups is 3. The van der Waals surface area contributed by atoms with Crippen molar-refractivity contribution in [2.24, 2.45) is 0 Å². The van der Waals surface area contributed by atoms with Gasteiger partial charge in [0.15, 0.2) is 6.10 Å². The Labute approximate surface area is 443 Å². The zero-order chi connectivity index (χ0) is 51.4. The highest BCUT2D eigenvalue weighted by Gasteiger charge is 2.19. The monoisotopic (exact) mass is 1000 g/mol. The van der Waals surface area contributed by atoms with Crippen LogP contribution < -0.4 is 0 Å². The van der Waals surface area contributed by atoms with Crippen molar-refractivity contribution in [3.8, 4) is 0 Å². The number of unbranched alkanes of at least 4 members (excludes halogenated alkanes) is 47. The SMILES string of the molecule is CCCCCCCCCC/C=C\CCCCCCCCCCCC(=O)OCC(COC(=O)CCCCCCCCCCCCCC)OC(=O)CCCCCCCCCCCCCCCCCCCCCC. The van der Waals surface area contributed by atoms with Crippen LogP contribution in [0.25, 0.3) is 0 Å². The van der Waals surface area contributed by atoms with Crippen LogP contribution in [0, 0.1) is 0 Å². The van der Waals surface area contributed by atoms with Gasteiger partial charge < -0.3 is 14.2 Å². The van der Waals surface area contributed by atoms with Crippen molar-refractivity contribution >= 4 is 17.9 Å². The molecule has 0 N–H and O–H groups in total. The van der Waals surface area contributed by atoms with Gasteiger partial charge in [-0.15, -0.1) is 0 Å². The van der Waals surface area contributed by atoms with Crippen molar-refractivity contribution in [2.45, 2.75) is 374 Å². The second-order valence-electron chi connectivity index (χ2n) is 22.0. The fourth-order valence-electron chi connectivity index (χ4n) is 9.91.